The molecule has 3 rings (SSSR count). The van der Waals surface area contributed by atoms with Gasteiger partial charge in [0.05, 0.1) is 25.1 Å². The minimum Gasteiger partial charge on any atom is -0.370 e. The summed E-state index contributed by atoms with van der Waals surface area (Å²) in [6, 6.07) is 10.9. The quantitative estimate of drug-likeness (QED) is 0.868. The van der Waals surface area contributed by atoms with Crippen molar-refractivity contribution < 1.29 is 22.3 Å². The van der Waals surface area contributed by atoms with Crippen LogP contribution in [0, 0.1) is 12.7 Å². The SMILES string of the molecule is Cc1ccc(C(=O)N2CCOC(c3ccc(F)cc3)C2)cc1NS(C)(=O)=O. The Hall–Kier alpha value is -2.45. The van der Waals surface area contributed by atoms with Crippen LogP contribution in [0.4, 0.5) is 10.1 Å². The molecular formula is C19H21FN2O4S. The number of morpholine rings is 1. The van der Waals surface area contributed by atoms with Crippen LogP contribution in [0.2, 0.25) is 0 Å². The smallest absolute Gasteiger partial charge is 0.254 e. The summed E-state index contributed by atoms with van der Waals surface area (Å²) in [6.07, 6.45) is 0.735. The highest BCUT2D eigenvalue weighted by Gasteiger charge is 2.26. The van der Waals surface area contributed by atoms with Crippen molar-refractivity contribution in [2.45, 2.75) is 13.0 Å². The van der Waals surface area contributed by atoms with Gasteiger partial charge in [0.15, 0.2) is 0 Å². The van der Waals surface area contributed by atoms with Gasteiger partial charge in [0.2, 0.25) is 10.0 Å². The third-order valence-electron chi connectivity index (χ3n) is 4.38. The van der Waals surface area contributed by atoms with Crippen LogP contribution in [0.5, 0.6) is 0 Å². The molecule has 27 heavy (non-hydrogen) atoms. The molecule has 1 unspecified atom stereocenters. The van der Waals surface area contributed by atoms with Crippen molar-refractivity contribution in [2.24, 2.45) is 0 Å². The van der Waals surface area contributed by atoms with Crippen LogP contribution < -0.4 is 4.72 Å². The second-order valence-electron chi connectivity index (χ2n) is 6.57. The van der Waals surface area contributed by atoms with Crippen LogP contribution in [0.1, 0.15) is 27.6 Å². The predicted octanol–water partition coefficient (Wildman–Crippen LogP) is 2.72. The van der Waals surface area contributed by atoms with Gasteiger partial charge in [-0.2, -0.15) is 0 Å². The first kappa shape index (κ1) is 19.3. The number of hydrogen-bond acceptors (Lipinski definition) is 4. The molecule has 144 valence electrons. The normalized spacial score (nSPS) is 17.6. The fraction of sp³-hybridized carbons (Fsp3) is 0.316. The van der Waals surface area contributed by atoms with E-state index in [1.165, 1.54) is 12.1 Å². The van der Waals surface area contributed by atoms with Crippen molar-refractivity contribution in [1.29, 1.82) is 0 Å². The molecule has 1 N–H and O–H groups in total. The van der Waals surface area contributed by atoms with Crippen LogP contribution in [-0.4, -0.2) is 45.2 Å². The van der Waals surface area contributed by atoms with Gasteiger partial charge in [-0.05, 0) is 42.3 Å². The van der Waals surface area contributed by atoms with Crippen molar-refractivity contribution in [2.75, 3.05) is 30.7 Å². The van der Waals surface area contributed by atoms with E-state index in [2.05, 4.69) is 4.72 Å². The Balaban J connectivity index is 1.79. The van der Waals surface area contributed by atoms with Gasteiger partial charge in [0.1, 0.15) is 11.9 Å². The Morgan fingerprint density at radius 1 is 1.22 bits per heavy atom. The lowest BCUT2D eigenvalue weighted by Crippen LogP contribution is -2.42. The first-order valence-corrected chi connectivity index (χ1v) is 10.4. The Morgan fingerprint density at radius 2 is 1.93 bits per heavy atom. The highest BCUT2D eigenvalue weighted by atomic mass is 32.2. The Morgan fingerprint density at radius 3 is 2.59 bits per heavy atom. The molecule has 1 fully saturated rings. The Labute approximate surface area is 158 Å². The van der Waals surface area contributed by atoms with E-state index in [1.54, 1.807) is 42.2 Å². The van der Waals surface area contributed by atoms with Gasteiger partial charge in [-0.15, -0.1) is 0 Å². The molecule has 8 heteroatoms. The number of sulfonamides is 1. The van der Waals surface area contributed by atoms with E-state index in [0.717, 1.165) is 17.4 Å². The highest BCUT2D eigenvalue weighted by molar-refractivity contribution is 7.92. The molecule has 1 atom stereocenters. The van der Waals surface area contributed by atoms with E-state index >= 15 is 0 Å². The molecule has 0 bridgehead atoms. The number of nitrogens with one attached hydrogen (secondary N) is 1. The second kappa shape index (κ2) is 7.66. The number of carbonyl (C=O) groups is 1. The Kier molecular flexibility index (Phi) is 5.48. The molecule has 1 aliphatic heterocycles. The summed E-state index contributed by atoms with van der Waals surface area (Å²) in [5, 5.41) is 0. The number of benzene rings is 2. The molecular weight excluding hydrogens is 371 g/mol. The van der Waals surface area contributed by atoms with Gasteiger partial charge < -0.3 is 9.64 Å². The van der Waals surface area contributed by atoms with E-state index in [-0.39, 0.29) is 17.8 Å². The minimum atomic E-state index is -3.44. The number of rotatable bonds is 4. The molecule has 0 aromatic heterocycles. The van der Waals surface area contributed by atoms with Crippen molar-refractivity contribution in [1.82, 2.24) is 4.90 Å². The number of anilines is 1. The fourth-order valence-corrected chi connectivity index (χ4v) is 3.58. The zero-order valence-electron chi connectivity index (χ0n) is 15.1. The predicted molar refractivity (Wildman–Crippen MR) is 101 cm³/mol. The molecule has 6 nitrogen and oxygen atoms in total. The van der Waals surface area contributed by atoms with Crippen molar-refractivity contribution in [3.05, 3.63) is 65.0 Å². The summed E-state index contributed by atoms with van der Waals surface area (Å²) in [7, 11) is -3.44. The third kappa shape index (κ3) is 4.84. The highest BCUT2D eigenvalue weighted by Crippen LogP contribution is 2.25. The second-order valence-corrected chi connectivity index (χ2v) is 8.31. The van der Waals surface area contributed by atoms with E-state index in [1.807, 2.05) is 0 Å². The number of nitrogens with zero attached hydrogens (tertiary/aromatic N) is 1. The number of hydrogen-bond donors (Lipinski definition) is 1. The van der Waals surface area contributed by atoms with Crippen LogP contribution >= 0.6 is 0 Å². The van der Waals surface area contributed by atoms with E-state index in [9.17, 15) is 17.6 Å². The molecule has 0 aliphatic carbocycles. The van der Waals surface area contributed by atoms with Crippen LogP contribution in [-0.2, 0) is 14.8 Å². The number of amides is 1. The molecule has 1 saturated heterocycles. The summed E-state index contributed by atoms with van der Waals surface area (Å²) in [4.78, 5) is 14.6. The Bertz CT molecular complexity index is 945. The van der Waals surface area contributed by atoms with Crippen molar-refractivity contribution in [3.63, 3.8) is 0 Å². The molecule has 0 saturated carbocycles. The van der Waals surface area contributed by atoms with E-state index in [0.29, 0.717) is 30.9 Å². The topological polar surface area (TPSA) is 75.7 Å². The monoisotopic (exact) mass is 392 g/mol. The average Bonchev–Trinajstić information content (AvgIpc) is 2.62. The van der Waals surface area contributed by atoms with E-state index < -0.39 is 10.0 Å². The minimum absolute atomic E-state index is 0.207. The molecule has 2 aromatic rings. The lowest BCUT2D eigenvalue weighted by atomic mass is 10.1. The molecule has 0 spiro atoms. The number of halogens is 1. The van der Waals surface area contributed by atoms with Crippen LogP contribution in [0.3, 0.4) is 0 Å². The fourth-order valence-electron chi connectivity index (χ4n) is 2.96. The summed E-state index contributed by atoms with van der Waals surface area (Å²) in [5.41, 5.74) is 2.30. The maximum Gasteiger partial charge on any atom is 0.254 e. The average molecular weight is 392 g/mol. The van der Waals surface area contributed by atoms with Crippen LogP contribution in [0.25, 0.3) is 0 Å². The summed E-state index contributed by atoms with van der Waals surface area (Å²) in [5.74, 6) is -0.532. The zero-order chi connectivity index (χ0) is 19.6. The summed E-state index contributed by atoms with van der Waals surface area (Å²) in [6.45, 7) is 2.90. The molecule has 2 aromatic carbocycles. The van der Waals surface area contributed by atoms with Gasteiger partial charge in [0.25, 0.3) is 5.91 Å². The zero-order valence-corrected chi connectivity index (χ0v) is 15.9. The maximum atomic E-state index is 13.1. The number of carbonyl (C=O) groups excluding carboxylic acids is 1. The molecule has 1 aliphatic rings. The number of ether oxygens (including phenoxy) is 1. The summed E-state index contributed by atoms with van der Waals surface area (Å²) >= 11 is 0. The van der Waals surface area contributed by atoms with Gasteiger partial charge in [-0.3, -0.25) is 9.52 Å². The lowest BCUT2D eigenvalue weighted by Gasteiger charge is -2.33. The van der Waals surface area contributed by atoms with Crippen molar-refractivity contribution in [3.8, 4) is 0 Å². The maximum absolute atomic E-state index is 13.1. The van der Waals surface area contributed by atoms with Gasteiger partial charge >= 0.3 is 0 Å². The first-order valence-electron chi connectivity index (χ1n) is 8.48. The van der Waals surface area contributed by atoms with Gasteiger partial charge in [-0.25, -0.2) is 12.8 Å². The van der Waals surface area contributed by atoms with Gasteiger partial charge in [0, 0.05) is 12.1 Å². The van der Waals surface area contributed by atoms with Gasteiger partial charge in [-0.1, -0.05) is 18.2 Å². The molecule has 0 radical (unpaired) electrons. The van der Waals surface area contributed by atoms with Crippen molar-refractivity contribution >= 4 is 21.6 Å². The van der Waals surface area contributed by atoms with Crippen LogP contribution in [0.15, 0.2) is 42.5 Å². The third-order valence-corrected chi connectivity index (χ3v) is 4.97. The largest absolute Gasteiger partial charge is 0.370 e. The first-order chi connectivity index (χ1) is 12.7. The molecule has 1 amide bonds. The molecule has 1 heterocycles. The van der Waals surface area contributed by atoms with E-state index in [4.69, 9.17) is 4.74 Å². The summed E-state index contributed by atoms with van der Waals surface area (Å²) < 4.78 is 44.3. The lowest BCUT2D eigenvalue weighted by molar-refractivity contribution is -0.0228. The number of aryl methyl sites for hydroxylation is 1. The standard InChI is InChI=1S/C19H21FN2O4S/c1-13-3-4-15(11-17(13)21-27(2,24)25)19(23)22-9-10-26-18(12-22)14-5-7-16(20)8-6-14/h3-8,11,18,21H,9-10,12H2,1-2H3.